The Balaban J connectivity index is 1.93. The van der Waals surface area contributed by atoms with E-state index < -0.39 is 0 Å². The van der Waals surface area contributed by atoms with E-state index in [1.54, 1.807) is 0 Å². The van der Waals surface area contributed by atoms with Gasteiger partial charge in [0.2, 0.25) is 0 Å². The molecule has 2 heterocycles. The molecule has 58 valence electrons. The fourth-order valence-corrected chi connectivity index (χ4v) is 2.11. The van der Waals surface area contributed by atoms with Gasteiger partial charge in [-0.3, -0.25) is 0 Å². The fraction of sp³-hybridized carbons (Fsp3) is 1.00. The standard InChI is InChI=1S/C8H16N2/c1-3-7-8(9-5-1)4-2-6-10-7/h7-10H,1-6H2/t7-,8-/m0/s1. The van der Waals surface area contributed by atoms with Crippen molar-refractivity contribution in [2.45, 2.75) is 37.8 Å². The highest BCUT2D eigenvalue weighted by Gasteiger charge is 2.26. The molecule has 0 aromatic rings. The lowest BCUT2D eigenvalue weighted by molar-refractivity contribution is 0.251. The second-order valence-corrected chi connectivity index (χ2v) is 3.41. The Morgan fingerprint density at radius 2 is 1.30 bits per heavy atom. The maximum absolute atomic E-state index is 3.56. The Morgan fingerprint density at radius 1 is 0.800 bits per heavy atom. The van der Waals surface area contributed by atoms with E-state index in [4.69, 9.17) is 0 Å². The predicted octanol–water partition coefficient (Wildman–Crippen LogP) is 0.490. The second-order valence-electron chi connectivity index (χ2n) is 3.41. The number of nitrogens with one attached hydrogen (secondary N) is 2. The summed E-state index contributed by atoms with van der Waals surface area (Å²) < 4.78 is 0. The largest absolute Gasteiger partial charge is 0.312 e. The molecule has 2 saturated heterocycles. The first-order valence-electron chi connectivity index (χ1n) is 4.43. The molecule has 2 nitrogen and oxygen atoms in total. The van der Waals surface area contributed by atoms with Crippen molar-refractivity contribution in [3.63, 3.8) is 0 Å². The molecule has 2 rings (SSSR count). The van der Waals surface area contributed by atoms with Crippen LogP contribution in [0.25, 0.3) is 0 Å². The van der Waals surface area contributed by atoms with E-state index in [0.717, 1.165) is 12.1 Å². The first-order chi connectivity index (χ1) is 4.97. The van der Waals surface area contributed by atoms with Crippen molar-refractivity contribution in [2.24, 2.45) is 0 Å². The molecule has 2 heteroatoms. The van der Waals surface area contributed by atoms with Crippen LogP contribution in [0.4, 0.5) is 0 Å². The lowest BCUT2D eigenvalue weighted by Gasteiger charge is -2.37. The minimum Gasteiger partial charge on any atom is -0.312 e. The van der Waals surface area contributed by atoms with E-state index in [0.29, 0.717) is 0 Å². The molecule has 0 aromatic carbocycles. The molecular weight excluding hydrogens is 124 g/mol. The molecule has 0 unspecified atom stereocenters. The number of hydrogen-bond acceptors (Lipinski definition) is 2. The number of hydrogen-bond donors (Lipinski definition) is 2. The molecule has 0 spiro atoms. The van der Waals surface area contributed by atoms with Crippen LogP contribution in [0.15, 0.2) is 0 Å². The van der Waals surface area contributed by atoms with Gasteiger partial charge in [0.25, 0.3) is 0 Å². The minimum atomic E-state index is 0.794. The molecule has 0 aliphatic carbocycles. The molecule has 0 bridgehead atoms. The fourth-order valence-electron chi connectivity index (χ4n) is 2.11. The van der Waals surface area contributed by atoms with E-state index in [1.165, 1.54) is 38.8 Å². The quantitative estimate of drug-likeness (QED) is 0.511. The summed E-state index contributed by atoms with van der Waals surface area (Å²) in [5.74, 6) is 0. The molecule has 10 heavy (non-hydrogen) atoms. The van der Waals surface area contributed by atoms with Gasteiger partial charge in [0, 0.05) is 12.1 Å². The summed E-state index contributed by atoms with van der Waals surface area (Å²) in [4.78, 5) is 0. The Labute approximate surface area is 62.4 Å². The van der Waals surface area contributed by atoms with Crippen LogP contribution in [-0.4, -0.2) is 25.2 Å². The van der Waals surface area contributed by atoms with E-state index in [-0.39, 0.29) is 0 Å². The minimum absolute atomic E-state index is 0.794. The molecule has 0 aromatic heterocycles. The summed E-state index contributed by atoms with van der Waals surface area (Å²) in [5, 5.41) is 7.12. The van der Waals surface area contributed by atoms with Crippen molar-refractivity contribution < 1.29 is 0 Å². The summed E-state index contributed by atoms with van der Waals surface area (Å²) in [6, 6.07) is 1.59. The van der Waals surface area contributed by atoms with Crippen molar-refractivity contribution in [1.29, 1.82) is 0 Å². The predicted molar refractivity (Wildman–Crippen MR) is 42.0 cm³/mol. The van der Waals surface area contributed by atoms with Gasteiger partial charge in [0.05, 0.1) is 0 Å². The maximum atomic E-state index is 3.56. The molecule has 0 radical (unpaired) electrons. The molecule has 2 aliphatic rings. The summed E-state index contributed by atoms with van der Waals surface area (Å²) in [6.07, 6.45) is 5.48. The molecule has 2 aliphatic heterocycles. The number of rotatable bonds is 0. The second kappa shape index (κ2) is 2.89. The lowest BCUT2D eigenvalue weighted by Crippen LogP contribution is -2.54. The van der Waals surface area contributed by atoms with Crippen molar-refractivity contribution in [3.05, 3.63) is 0 Å². The van der Waals surface area contributed by atoms with E-state index >= 15 is 0 Å². The maximum Gasteiger partial charge on any atom is 0.0221 e. The van der Waals surface area contributed by atoms with Gasteiger partial charge >= 0.3 is 0 Å². The molecule has 2 fully saturated rings. The molecule has 0 saturated carbocycles. The smallest absolute Gasteiger partial charge is 0.0221 e. The van der Waals surface area contributed by atoms with Gasteiger partial charge in [-0.1, -0.05) is 0 Å². The van der Waals surface area contributed by atoms with Gasteiger partial charge in [-0.05, 0) is 38.8 Å². The van der Waals surface area contributed by atoms with E-state index in [9.17, 15) is 0 Å². The summed E-state index contributed by atoms with van der Waals surface area (Å²) in [6.45, 7) is 2.48. The Kier molecular flexibility index (Phi) is 1.91. The summed E-state index contributed by atoms with van der Waals surface area (Å²) in [5.41, 5.74) is 0. The zero-order chi connectivity index (χ0) is 6.81. The number of fused-ring (bicyclic) bond motifs is 1. The zero-order valence-electron chi connectivity index (χ0n) is 6.40. The highest BCUT2D eigenvalue weighted by Crippen LogP contribution is 2.16. The highest BCUT2D eigenvalue weighted by molar-refractivity contribution is 4.89. The van der Waals surface area contributed by atoms with Crippen LogP contribution in [0.2, 0.25) is 0 Å². The monoisotopic (exact) mass is 140 g/mol. The van der Waals surface area contributed by atoms with Crippen LogP contribution in [-0.2, 0) is 0 Å². The Hall–Kier alpha value is -0.0800. The van der Waals surface area contributed by atoms with Gasteiger partial charge in [-0.25, -0.2) is 0 Å². The molecule has 2 atom stereocenters. The van der Waals surface area contributed by atoms with Crippen LogP contribution in [0.3, 0.4) is 0 Å². The summed E-state index contributed by atoms with van der Waals surface area (Å²) >= 11 is 0. The van der Waals surface area contributed by atoms with Gasteiger partial charge in [-0.2, -0.15) is 0 Å². The van der Waals surface area contributed by atoms with Crippen LogP contribution in [0.5, 0.6) is 0 Å². The first-order valence-corrected chi connectivity index (χ1v) is 4.43. The van der Waals surface area contributed by atoms with Crippen LogP contribution < -0.4 is 10.6 Å². The Bertz CT molecular complexity index is 87.8. The average Bonchev–Trinajstić information content (AvgIpc) is 2.05. The van der Waals surface area contributed by atoms with Crippen LogP contribution >= 0.6 is 0 Å². The van der Waals surface area contributed by atoms with Crippen molar-refractivity contribution >= 4 is 0 Å². The number of piperidine rings is 2. The average molecular weight is 140 g/mol. The van der Waals surface area contributed by atoms with Crippen molar-refractivity contribution in [2.75, 3.05) is 13.1 Å². The van der Waals surface area contributed by atoms with Crippen LogP contribution in [0, 0.1) is 0 Å². The third-order valence-corrected chi connectivity index (χ3v) is 2.68. The first kappa shape index (κ1) is 6.62. The van der Waals surface area contributed by atoms with Gasteiger partial charge in [-0.15, -0.1) is 0 Å². The normalized spacial score (nSPS) is 40.8. The van der Waals surface area contributed by atoms with Gasteiger partial charge in [0.1, 0.15) is 0 Å². The van der Waals surface area contributed by atoms with Gasteiger partial charge in [0.15, 0.2) is 0 Å². The van der Waals surface area contributed by atoms with Crippen molar-refractivity contribution in [1.82, 2.24) is 10.6 Å². The lowest BCUT2D eigenvalue weighted by atomic mass is 9.92. The zero-order valence-corrected chi connectivity index (χ0v) is 6.40. The SMILES string of the molecule is C1CN[C@H]2CCCN[C@H]2C1. The molecule has 2 N–H and O–H groups in total. The topological polar surface area (TPSA) is 24.1 Å². The summed E-state index contributed by atoms with van der Waals surface area (Å²) in [7, 11) is 0. The van der Waals surface area contributed by atoms with Crippen molar-refractivity contribution in [3.8, 4) is 0 Å². The third-order valence-electron chi connectivity index (χ3n) is 2.68. The van der Waals surface area contributed by atoms with Crippen LogP contribution in [0.1, 0.15) is 25.7 Å². The molecular formula is C8H16N2. The highest BCUT2D eigenvalue weighted by atomic mass is 15.0. The Morgan fingerprint density at radius 3 is 1.80 bits per heavy atom. The molecule has 0 amide bonds. The van der Waals surface area contributed by atoms with E-state index in [2.05, 4.69) is 10.6 Å². The van der Waals surface area contributed by atoms with Gasteiger partial charge < -0.3 is 10.6 Å². The third kappa shape index (κ3) is 1.18. The van der Waals surface area contributed by atoms with E-state index in [1.807, 2.05) is 0 Å².